The second kappa shape index (κ2) is 6.31. The first-order valence-corrected chi connectivity index (χ1v) is 6.45. The van der Waals surface area contributed by atoms with E-state index in [1.54, 1.807) is 6.20 Å². The molecule has 0 aliphatic rings. The molecule has 0 aliphatic heterocycles. The number of rotatable bonds is 5. The standard InChI is InChI=1S/C16H19NO/c1-2-13-5-8-15(9-6-13)16(18)10-7-14-4-3-11-17-12-14/h3-6,8-9,11-12,16,18H,2,7,10H2,1H3. The molecule has 0 fully saturated rings. The van der Waals surface area contributed by atoms with Crippen molar-refractivity contribution in [3.63, 3.8) is 0 Å². The lowest BCUT2D eigenvalue weighted by Crippen LogP contribution is -2.00. The van der Waals surface area contributed by atoms with Gasteiger partial charge in [-0.2, -0.15) is 0 Å². The van der Waals surface area contributed by atoms with Gasteiger partial charge in [0.1, 0.15) is 0 Å². The summed E-state index contributed by atoms with van der Waals surface area (Å²) in [6.07, 6.45) is 5.85. The van der Waals surface area contributed by atoms with Gasteiger partial charge in [0.05, 0.1) is 6.10 Å². The Balaban J connectivity index is 1.93. The average Bonchev–Trinajstić information content (AvgIpc) is 2.46. The molecule has 0 radical (unpaired) electrons. The van der Waals surface area contributed by atoms with Gasteiger partial charge in [-0.15, -0.1) is 0 Å². The van der Waals surface area contributed by atoms with Gasteiger partial charge in [-0.1, -0.05) is 37.3 Å². The topological polar surface area (TPSA) is 33.1 Å². The fourth-order valence-electron chi connectivity index (χ4n) is 1.99. The number of pyridine rings is 1. The van der Waals surface area contributed by atoms with Gasteiger partial charge in [-0.3, -0.25) is 4.98 Å². The van der Waals surface area contributed by atoms with Gasteiger partial charge in [0.2, 0.25) is 0 Å². The number of aliphatic hydroxyl groups is 1. The minimum atomic E-state index is -0.392. The fraction of sp³-hybridized carbons (Fsp3) is 0.312. The highest BCUT2D eigenvalue weighted by molar-refractivity contribution is 5.24. The predicted molar refractivity (Wildman–Crippen MR) is 73.3 cm³/mol. The van der Waals surface area contributed by atoms with E-state index in [1.165, 1.54) is 11.1 Å². The van der Waals surface area contributed by atoms with E-state index in [0.717, 1.165) is 24.8 Å². The van der Waals surface area contributed by atoms with E-state index in [0.29, 0.717) is 0 Å². The molecule has 0 amide bonds. The number of nitrogens with zero attached hydrogens (tertiary/aromatic N) is 1. The molecule has 2 heteroatoms. The first-order valence-electron chi connectivity index (χ1n) is 6.45. The first-order chi connectivity index (χ1) is 8.79. The molecule has 0 bridgehead atoms. The third-order valence-corrected chi connectivity index (χ3v) is 3.20. The number of aromatic nitrogens is 1. The van der Waals surface area contributed by atoms with Gasteiger partial charge in [-0.25, -0.2) is 0 Å². The zero-order valence-corrected chi connectivity index (χ0v) is 10.7. The van der Waals surface area contributed by atoms with Crippen molar-refractivity contribution >= 4 is 0 Å². The summed E-state index contributed by atoms with van der Waals surface area (Å²) in [7, 11) is 0. The van der Waals surface area contributed by atoms with Crippen molar-refractivity contribution in [1.82, 2.24) is 4.98 Å². The Morgan fingerprint density at radius 1 is 1.11 bits per heavy atom. The molecule has 2 nitrogen and oxygen atoms in total. The highest BCUT2D eigenvalue weighted by Gasteiger charge is 2.07. The molecule has 0 spiro atoms. The van der Waals surface area contributed by atoms with Crippen LogP contribution in [0.15, 0.2) is 48.8 Å². The number of benzene rings is 1. The monoisotopic (exact) mass is 241 g/mol. The van der Waals surface area contributed by atoms with Gasteiger partial charge in [0, 0.05) is 12.4 Å². The minimum Gasteiger partial charge on any atom is -0.388 e. The van der Waals surface area contributed by atoms with Gasteiger partial charge < -0.3 is 5.11 Å². The molecule has 94 valence electrons. The molecular weight excluding hydrogens is 222 g/mol. The van der Waals surface area contributed by atoms with Crippen LogP contribution >= 0.6 is 0 Å². The van der Waals surface area contributed by atoms with Crippen molar-refractivity contribution in [2.75, 3.05) is 0 Å². The van der Waals surface area contributed by atoms with E-state index in [2.05, 4.69) is 24.0 Å². The Morgan fingerprint density at radius 3 is 2.50 bits per heavy atom. The lowest BCUT2D eigenvalue weighted by molar-refractivity contribution is 0.168. The molecule has 0 saturated carbocycles. The number of aryl methyl sites for hydroxylation is 2. The van der Waals surface area contributed by atoms with Gasteiger partial charge in [0.25, 0.3) is 0 Å². The molecule has 0 aliphatic carbocycles. The Hall–Kier alpha value is -1.67. The van der Waals surface area contributed by atoms with Gasteiger partial charge >= 0.3 is 0 Å². The van der Waals surface area contributed by atoms with Crippen LogP contribution in [0.1, 0.15) is 36.1 Å². The van der Waals surface area contributed by atoms with Crippen LogP contribution in [0.25, 0.3) is 0 Å². The Morgan fingerprint density at radius 2 is 1.89 bits per heavy atom. The van der Waals surface area contributed by atoms with Gasteiger partial charge in [0.15, 0.2) is 0 Å². The largest absolute Gasteiger partial charge is 0.388 e. The quantitative estimate of drug-likeness (QED) is 0.871. The van der Waals surface area contributed by atoms with Crippen molar-refractivity contribution in [1.29, 1.82) is 0 Å². The van der Waals surface area contributed by atoms with Gasteiger partial charge in [-0.05, 0) is 42.0 Å². The third kappa shape index (κ3) is 3.41. The molecule has 1 heterocycles. The van der Waals surface area contributed by atoms with Crippen LogP contribution in [0, 0.1) is 0 Å². The van der Waals surface area contributed by atoms with Crippen molar-refractivity contribution in [3.8, 4) is 0 Å². The predicted octanol–water partition coefficient (Wildman–Crippen LogP) is 3.31. The van der Waals surface area contributed by atoms with E-state index < -0.39 is 6.10 Å². The Labute approximate surface area is 108 Å². The van der Waals surface area contributed by atoms with E-state index in [1.807, 2.05) is 30.5 Å². The molecule has 2 rings (SSSR count). The lowest BCUT2D eigenvalue weighted by atomic mass is 10.0. The maximum atomic E-state index is 10.1. The van der Waals surface area contributed by atoms with E-state index >= 15 is 0 Å². The summed E-state index contributed by atoms with van der Waals surface area (Å²) < 4.78 is 0. The summed E-state index contributed by atoms with van der Waals surface area (Å²) in [4.78, 5) is 4.08. The summed E-state index contributed by atoms with van der Waals surface area (Å²) in [6.45, 7) is 2.13. The van der Waals surface area contributed by atoms with Crippen molar-refractivity contribution in [3.05, 3.63) is 65.5 Å². The first kappa shape index (κ1) is 12.8. The van der Waals surface area contributed by atoms with Crippen LogP contribution in [0.5, 0.6) is 0 Å². The number of hydrogen-bond donors (Lipinski definition) is 1. The highest BCUT2D eigenvalue weighted by Crippen LogP contribution is 2.19. The molecular formula is C16H19NO. The van der Waals surface area contributed by atoms with Crippen molar-refractivity contribution in [2.24, 2.45) is 0 Å². The number of hydrogen-bond acceptors (Lipinski definition) is 2. The summed E-state index contributed by atoms with van der Waals surface area (Å²) >= 11 is 0. The van der Waals surface area contributed by atoms with Crippen LogP contribution in [-0.4, -0.2) is 10.1 Å². The second-order valence-electron chi connectivity index (χ2n) is 4.51. The van der Waals surface area contributed by atoms with Crippen LogP contribution < -0.4 is 0 Å². The summed E-state index contributed by atoms with van der Waals surface area (Å²) in [5, 5.41) is 10.1. The summed E-state index contributed by atoms with van der Waals surface area (Å²) in [6, 6.07) is 12.2. The maximum absolute atomic E-state index is 10.1. The average molecular weight is 241 g/mol. The molecule has 1 unspecified atom stereocenters. The molecule has 0 saturated heterocycles. The third-order valence-electron chi connectivity index (χ3n) is 3.20. The second-order valence-corrected chi connectivity index (χ2v) is 4.51. The highest BCUT2D eigenvalue weighted by atomic mass is 16.3. The minimum absolute atomic E-state index is 0.392. The molecule has 2 aromatic rings. The van der Waals surface area contributed by atoms with E-state index in [-0.39, 0.29) is 0 Å². The Kier molecular flexibility index (Phi) is 4.48. The lowest BCUT2D eigenvalue weighted by Gasteiger charge is -2.11. The number of aliphatic hydroxyl groups excluding tert-OH is 1. The van der Waals surface area contributed by atoms with Crippen molar-refractivity contribution in [2.45, 2.75) is 32.3 Å². The maximum Gasteiger partial charge on any atom is 0.0793 e. The smallest absolute Gasteiger partial charge is 0.0793 e. The van der Waals surface area contributed by atoms with Crippen LogP contribution in [0.4, 0.5) is 0 Å². The molecule has 1 aromatic heterocycles. The normalized spacial score (nSPS) is 12.3. The molecule has 18 heavy (non-hydrogen) atoms. The van der Waals surface area contributed by atoms with Crippen LogP contribution in [-0.2, 0) is 12.8 Å². The van der Waals surface area contributed by atoms with Crippen LogP contribution in [0.3, 0.4) is 0 Å². The molecule has 1 N–H and O–H groups in total. The fourth-order valence-corrected chi connectivity index (χ4v) is 1.99. The summed E-state index contributed by atoms with van der Waals surface area (Å²) in [5.74, 6) is 0. The van der Waals surface area contributed by atoms with E-state index in [4.69, 9.17) is 0 Å². The SMILES string of the molecule is CCc1ccc(C(O)CCc2cccnc2)cc1. The molecule has 1 aromatic carbocycles. The summed E-state index contributed by atoms with van der Waals surface area (Å²) in [5.41, 5.74) is 3.47. The zero-order chi connectivity index (χ0) is 12.8. The molecule has 1 atom stereocenters. The van der Waals surface area contributed by atoms with Crippen molar-refractivity contribution < 1.29 is 5.11 Å². The van der Waals surface area contributed by atoms with Crippen LogP contribution in [0.2, 0.25) is 0 Å². The van der Waals surface area contributed by atoms with E-state index in [9.17, 15) is 5.11 Å². The zero-order valence-electron chi connectivity index (χ0n) is 10.7. The Bertz CT molecular complexity index is 464.